The number of halogens is 1. The van der Waals surface area contributed by atoms with E-state index in [1.807, 2.05) is 18.2 Å². The summed E-state index contributed by atoms with van der Waals surface area (Å²) in [5, 5.41) is 9.31. The summed E-state index contributed by atoms with van der Waals surface area (Å²) in [6.45, 7) is 0.223. The lowest BCUT2D eigenvalue weighted by atomic mass is 10.2. The molecule has 4 nitrogen and oxygen atoms in total. The number of aliphatic hydroxyl groups is 1. The van der Waals surface area contributed by atoms with E-state index in [9.17, 15) is 5.11 Å². The lowest BCUT2D eigenvalue weighted by Gasteiger charge is -2.13. The summed E-state index contributed by atoms with van der Waals surface area (Å²) >= 11 is 3.33. The first-order valence-corrected chi connectivity index (χ1v) is 6.54. The normalized spacial score (nSPS) is 10.3. The summed E-state index contributed by atoms with van der Waals surface area (Å²) in [5.41, 5.74) is 1.49. The number of rotatable bonds is 5. The van der Waals surface area contributed by atoms with Gasteiger partial charge in [-0.05, 0) is 34.1 Å². The number of para-hydroxylation sites is 1. The SMILES string of the molecule is COc1cccc(CO)c1OCc1ccc(Br)cn1. The van der Waals surface area contributed by atoms with Crippen LogP contribution in [0.5, 0.6) is 11.5 Å². The smallest absolute Gasteiger partial charge is 0.167 e. The van der Waals surface area contributed by atoms with Gasteiger partial charge in [0, 0.05) is 16.2 Å². The van der Waals surface area contributed by atoms with Crippen LogP contribution in [0.15, 0.2) is 41.0 Å². The van der Waals surface area contributed by atoms with Gasteiger partial charge in [-0.2, -0.15) is 0 Å². The van der Waals surface area contributed by atoms with Gasteiger partial charge < -0.3 is 14.6 Å². The lowest BCUT2D eigenvalue weighted by molar-refractivity contribution is 0.248. The van der Waals surface area contributed by atoms with E-state index in [4.69, 9.17) is 9.47 Å². The molecule has 0 bridgehead atoms. The Morgan fingerprint density at radius 1 is 1.26 bits per heavy atom. The van der Waals surface area contributed by atoms with Crippen molar-refractivity contribution < 1.29 is 14.6 Å². The van der Waals surface area contributed by atoms with Crippen LogP contribution in [0.1, 0.15) is 11.3 Å². The number of aliphatic hydroxyl groups excluding tert-OH is 1. The number of hydrogen-bond donors (Lipinski definition) is 1. The summed E-state index contributed by atoms with van der Waals surface area (Å²) < 4.78 is 11.9. The van der Waals surface area contributed by atoms with Crippen LogP contribution in [-0.4, -0.2) is 17.2 Å². The van der Waals surface area contributed by atoms with Crippen molar-refractivity contribution in [3.8, 4) is 11.5 Å². The number of hydrogen-bond acceptors (Lipinski definition) is 4. The molecule has 5 heteroatoms. The third-order valence-corrected chi connectivity index (χ3v) is 3.07. The van der Waals surface area contributed by atoms with Gasteiger partial charge in [0.1, 0.15) is 6.61 Å². The van der Waals surface area contributed by atoms with Crippen LogP contribution in [0.3, 0.4) is 0 Å². The monoisotopic (exact) mass is 323 g/mol. The average molecular weight is 324 g/mol. The van der Waals surface area contributed by atoms with Gasteiger partial charge in [-0.1, -0.05) is 12.1 Å². The van der Waals surface area contributed by atoms with E-state index < -0.39 is 0 Å². The summed E-state index contributed by atoms with van der Waals surface area (Å²) in [6.07, 6.45) is 1.72. The van der Waals surface area contributed by atoms with Crippen molar-refractivity contribution in [2.24, 2.45) is 0 Å². The number of methoxy groups -OCH3 is 1. The molecule has 100 valence electrons. The van der Waals surface area contributed by atoms with E-state index in [0.717, 1.165) is 10.2 Å². The largest absolute Gasteiger partial charge is 0.493 e. The van der Waals surface area contributed by atoms with Crippen LogP contribution >= 0.6 is 15.9 Å². The Hall–Kier alpha value is -1.59. The third kappa shape index (κ3) is 3.45. The van der Waals surface area contributed by atoms with Gasteiger partial charge in [-0.25, -0.2) is 0 Å². The zero-order valence-electron chi connectivity index (χ0n) is 10.5. The summed E-state index contributed by atoms with van der Waals surface area (Å²) in [5.74, 6) is 1.15. The van der Waals surface area contributed by atoms with E-state index in [2.05, 4.69) is 20.9 Å². The van der Waals surface area contributed by atoms with Gasteiger partial charge >= 0.3 is 0 Å². The summed E-state index contributed by atoms with van der Waals surface area (Å²) in [6, 6.07) is 9.19. The zero-order chi connectivity index (χ0) is 13.7. The Bertz CT molecular complexity index is 521. The fraction of sp³-hybridized carbons (Fsp3) is 0.214. The predicted molar refractivity (Wildman–Crippen MR) is 75.2 cm³/mol. The van der Waals surface area contributed by atoms with E-state index in [0.29, 0.717) is 23.7 Å². The van der Waals surface area contributed by atoms with Gasteiger partial charge in [0.15, 0.2) is 11.5 Å². The number of benzene rings is 1. The highest BCUT2D eigenvalue weighted by Crippen LogP contribution is 2.31. The average Bonchev–Trinajstić information content (AvgIpc) is 2.46. The number of aromatic nitrogens is 1. The van der Waals surface area contributed by atoms with E-state index in [-0.39, 0.29) is 6.61 Å². The van der Waals surface area contributed by atoms with Gasteiger partial charge in [0.2, 0.25) is 0 Å². The van der Waals surface area contributed by atoms with Crippen molar-refractivity contribution >= 4 is 15.9 Å². The molecule has 2 aromatic rings. The molecule has 19 heavy (non-hydrogen) atoms. The Balaban J connectivity index is 2.16. The first kappa shape index (κ1) is 13.8. The molecule has 0 aliphatic heterocycles. The molecule has 0 fully saturated rings. The fourth-order valence-electron chi connectivity index (χ4n) is 1.65. The second kappa shape index (κ2) is 6.54. The van der Waals surface area contributed by atoms with Crippen LogP contribution < -0.4 is 9.47 Å². The minimum absolute atomic E-state index is 0.0969. The third-order valence-electron chi connectivity index (χ3n) is 2.60. The van der Waals surface area contributed by atoms with Crippen LogP contribution in [0, 0.1) is 0 Å². The van der Waals surface area contributed by atoms with Crippen molar-refractivity contribution in [3.05, 3.63) is 52.3 Å². The van der Waals surface area contributed by atoms with Gasteiger partial charge in [0.25, 0.3) is 0 Å². The molecule has 0 saturated heterocycles. The summed E-state index contributed by atoms with van der Waals surface area (Å²) in [4.78, 5) is 4.23. The lowest BCUT2D eigenvalue weighted by Crippen LogP contribution is -2.02. The number of ether oxygens (including phenoxy) is 2. The molecule has 1 aromatic heterocycles. The Morgan fingerprint density at radius 3 is 2.74 bits per heavy atom. The first-order valence-electron chi connectivity index (χ1n) is 5.74. The maximum Gasteiger partial charge on any atom is 0.167 e. The number of nitrogens with zero attached hydrogens (tertiary/aromatic N) is 1. The molecule has 1 aromatic carbocycles. The maximum absolute atomic E-state index is 9.31. The topological polar surface area (TPSA) is 51.6 Å². The second-order valence-electron chi connectivity index (χ2n) is 3.86. The van der Waals surface area contributed by atoms with Gasteiger partial charge in [0.05, 0.1) is 19.4 Å². The molecule has 0 aliphatic carbocycles. The second-order valence-corrected chi connectivity index (χ2v) is 4.78. The standard InChI is InChI=1S/C14H14BrNO3/c1-18-13-4-2-3-10(8-17)14(13)19-9-12-6-5-11(15)7-16-12/h2-7,17H,8-9H2,1H3. The first-order chi connectivity index (χ1) is 9.24. The van der Waals surface area contributed by atoms with E-state index in [1.54, 1.807) is 25.4 Å². The predicted octanol–water partition coefficient (Wildman–Crippen LogP) is 2.92. The molecule has 0 radical (unpaired) electrons. The number of pyridine rings is 1. The Morgan fingerprint density at radius 2 is 2.11 bits per heavy atom. The van der Waals surface area contributed by atoms with Gasteiger partial charge in [-0.3, -0.25) is 4.98 Å². The molecule has 0 atom stereocenters. The van der Waals surface area contributed by atoms with Gasteiger partial charge in [-0.15, -0.1) is 0 Å². The van der Waals surface area contributed by atoms with Crippen LogP contribution in [0.4, 0.5) is 0 Å². The molecule has 1 heterocycles. The highest BCUT2D eigenvalue weighted by molar-refractivity contribution is 9.10. The van der Waals surface area contributed by atoms with Crippen LogP contribution in [0.25, 0.3) is 0 Å². The minimum Gasteiger partial charge on any atom is -0.493 e. The van der Waals surface area contributed by atoms with Crippen molar-refractivity contribution in [2.75, 3.05) is 7.11 Å². The molecule has 0 aliphatic rings. The van der Waals surface area contributed by atoms with Crippen LogP contribution in [0.2, 0.25) is 0 Å². The summed E-state index contributed by atoms with van der Waals surface area (Å²) in [7, 11) is 1.57. The quantitative estimate of drug-likeness (QED) is 0.919. The molecule has 0 saturated carbocycles. The van der Waals surface area contributed by atoms with E-state index in [1.165, 1.54) is 0 Å². The van der Waals surface area contributed by atoms with Crippen molar-refractivity contribution in [1.82, 2.24) is 4.98 Å². The molecule has 0 spiro atoms. The van der Waals surface area contributed by atoms with Crippen molar-refractivity contribution in [3.63, 3.8) is 0 Å². The molecule has 2 rings (SSSR count). The minimum atomic E-state index is -0.0969. The maximum atomic E-state index is 9.31. The van der Waals surface area contributed by atoms with Crippen molar-refractivity contribution in [2.45, 2.75) is 13.2 Å². The highest BCUT2D eigenvalue weighted by atomic mass is 79.9. The highest BCUT2D eigenvalue weighted by Gasteiger charge is 2.10. The van der Waals surface area contributed by atoms with Crippen LogP contribution in [-0.2, 0) is 13.2 Å². The molecule has 0 unspecified atom stereocenters. The molecular formula is C14H14BrNO3. The van der Waals surface area contributed by atoms with E-state index >= 15 is 0 Å². The Kier molecular flexibility index (Phi) is 4.76. The molecule has 0 amide bonds. The fourth-order valence-corrected chi connectivity index (χ4v) is 1.88. The zero-order valence-corrected chi connectivity index (χ0v) is 12.1. The van der Waals surface area contributed by atoms with Crippen molar-refractivity contribution in [1.29, 1.82) is 0 Å². The molecule has 1 N–H and O–H groups in total. The molecular weight excluding hydrogens is 310 g/mol. The Labute approximate surface area is 120 Å².